The summed E-state index contributed by atoms with van der Waals surface area (Å²) in [5.74, 6) is 0.0323. The van der Waals surface area contributed by atoms with E-state index in [1.807, 2.05) is 6.07 Å². The van der Waals surface area contributed by atoms with E-state index < -0.39 is 0 Å². The Bertz CT molecular complexity index is 885. The molecule has 2 aliphatic heterocycles. The highest BCUT2D eigenvalue weighted by atomic mass is 35.5. The lowest BCUT2D eigenvalue weighted by molar-refractivity contribution is 0.0953. The summed E-state index contributed by atoms with van der Waals surface area (Å²) in [7, 11) is 0. The minimum Gasteiger partial charge on any atom is -0.352 e. The second-order valence-electron chi connectivity index (χ2n) is 8.44. The standard InChI is InChI=1S/C25H33N3OS.ClH/c1-3-4-7-14-26-25(29)20-12-13-24-22(17-20)28(19(2)18-27-15-8-9-16-27)21-10-5-6-11-23(21)30-24;/h5-6,10-13,17,19H,3-4,7-9,14-16,18H2,1-2H3,(H,26,29);1H. The van der Waals surface area contributed by atoms with E-state index in [9.17, 15) is 4.79 Å². The number of nitrogens with zero attached hydrogens (tertiary/aromatic N) is 2. The van der Waals surface area contributed by atoms with Crippen molar-refractivity contribution in [1.29, 1.82) is 0 Å². The number of carbonyl (C=O) groups is 1. The highest BCUT2D eigenvalue weighted by molar-refractivity contribution is 7.99. The molecular weight excluding hydrogens is 426 g/mol. The van der Waals surface area contributed by atoms with E-state index in [4.69, 9.17) is 0 Å². The molecule has 168 valence electrons. The first-order valence-electron chi connectivity index (χ1n) is 11.4. The van der Waals surface area contributed by atoms with Gasteiger partial charge in [0.2, 0.25) is 0 Å². The number of hydrogen-bond acceptors (Lipinski definition) is 4. The normalized spacial score (nSPS) is 16.3. The van der Waals surface area contributed by atoms with Crippen LogP contribution in [-0.2, 0) is 0 Å². The fourth-order valence-electron chi connectivity index (χ4n) is 4.50. The largest absolute Gasteiger partial charge is 0.352 e. The lowest BCUT2D eigenvalue weighted by Crippen LogP contribution is -2.40. The van der Waals surface area contributed by atoms with Crippen LogP contribution in [0.5, 0.6) is 0 Å². The Hall–Kier alpha value is -1.69. The van der Waals surface area contributed by atoms with Crippen LogP contribution in [0, 0.1) is 0 Å². The molecule has 0 spiro atoms. The van der Waals surface area contributed by atoms with Crippen LogP contribution in [0.4, 0.5) is 11.4 Å². The van der Waals surface area contributed by atoms with E-state index in [1.165, 1.54) is 41.4 Å². The van der Waals surface area contributed by atoms with E-state index in [2.05, 4.69) is 65.4 Å². The Balaban J connectivity index is 0.00000272. The summed E-state index contributed by atoms with van der Waals surface area (Å²) in [5, 5.41) is 3.09. The van der Waals surface area contributed by atoms with Crippen LogP contribution in [-0.4, -0.2) is 43.0 Å². The number of hydrogen-bond donors (Lipinski definition) is 1. The molecule has 0 bridgehead atoms. The maximum atomic E-state index is 12.7. The summed E-state index contributed by atoms with van der Waals surface area (Å²) in [5.41, 5.74) is 3.16. The smallest absolute Gasteiger partial charge is 0.251 e. The van der Waals surface area contributed by atoms with Gasteiger partial charge in [0.15, 0.2) is 0 Å². The molecule has 2 aliphatic rings. The molecule has 4 nitrogen and oxygen atoms in total. The van der Waals surface area contributed by atoms with E-state index in [0.717, 1.165) is 43.6 Å². The molecule has 0 aromatic heterocycles. The zero-order chi connectivity index (χ0) is 20.9. The van der Waals surface area contributed by atoms with Crippen LogP contribution < -0.4 is 10.2 Å². The van der Waals surface area contributed by atoms with Crippen LogP contribution in [0.3, 0.4) is 0 Å². The van der Waals surface area contributed by atoms with Gasteiger partial charge < -0.3 is 15.1 Å². The molecule has 1 amide bonds. The number of unbranched alkanes of at least 4 members (excludes halogenated alkanes) is 2. The van der Waals surface area contributed by atoms with Crippen molar-refractivity contribution in [3.8, 4) is 0 Å². The van der Waals surface area contributed by atoms with Gasteiger partial charge >= 0.3 is 0 Å². The number of para-hydroxylation sites is 1. The van der Waals surface area contributed by atoms with Crippen molar-refractivity contribution in [3.63, 3.8) is 0 Å². The van der Waals surface area contributed by atoms with Gasteiger partial charge in [0.1, 0.15) is 0 Å². The minimum atomic E-state index is 0. The summed E-state index contributed by atoms with van der Waals surface area (Å²) in [6.07, 6.45) is 5.96. The summed E-state index contributed by atoms with van der Waals surface area (Å²) < 4.78 is 0. The van der Waals surface area contributed by atoms with E-state index >= 15 is 0 Å². The third kappa shape index (κ3) is 5.57. The van der Waals surface area contributed by atoms with Gasteiger partial charge in [0.25, 0.3) is 5.91 Å². The summed E-state index contributed by atoms with van der Waals surface area (Å²) in [6.45, 7) is 8.68. The van der Waals surface area contributed by atoms with Gasteiger partial charge in [0.05, 0.1) is 11.4 Å². The molecule has 31 heavy (non-hydrogen) atoms. The molecule has 1 N–H and O–H groups in total. The highest BCUT2D eigenvalue weighted by Crippen LogP contribution is 2.49. The maximum Gasteiger partial charge on any atom is 0.251 e. The van der Waals surface area contributed by atoms with Gasteiger partial charge in [0, 0.05) is 34.5 Å². The van der Waals surface area contributed by atoms with E-state index in [0.29, 0.717) is 6.04 Å². The van der Waals surface area contributed by atoms with Crippen LogP contribution in [0.25, 0.3) is 0 Å². The van der Waals surface area contributed by atoms with Gasteiger partial charge in [-0.15, -0.1) is 12.4 Å². The highest BCUT2D eigenvalue weighted by Gasteiger charge is 2.29. The van der Waals surface area contributed by atoms with Gasteiger partial charge in [-0.25, -0.2) is 0 Å². The Kier molecular flexibility index (Phi) is 8.70. The van der Waals surface area contributed by atoms with Crippen LogP contribution in [0.2, 0.25) is 0 Å². The van der Waals surface area contributed by atoms with Gasteiger partial charge in [-0.2, -0.15) is 0 Å². The molecule has 1 atom stereocenters. The average molecular weight is 460 g/mol. The second-order valence-corrected chi connectivity index (χ2v) is 9.53. The average Bonchev–Trinajstić information content (AvgIpc) is 3.27. The Labute approximate surface area is 197 Å². The SMILES string of the molecule is CCCCCNC(=O)c1ccc2c(c1)N(C(C)CN1CCCC1)c1ccccc1S2.Cl. The maximum absolute atomic E-state index is 12.7. The molecule has 6 heteroatoms. The van der Waals surface area contributed by atoms with Crippen molar-refractivity contribution in [2.24, 2.45) is 0 Å². The molecule has 2 heterocycles. The molecule has 1 saturated heterocycles. The molecule has 0 aliphatic carbocycles. The lowest BCUT2D eigenvalue weighted by Gasteiger charge is -2.39. The van der Waals surface area contributed by atoms with Crippen LogP contribution in [0.15, 0.2) is 52.3 Å². The first kappa shape index (κ1) is 24.0. The Morgan fingerprint density at radius 2 is 1.81 bits per heavy atom. The van der Waals surface area contributed by atoms with Crippen LogP contribution >= 0.6 is 24.2 Å². The second kappa shape index (κ2) is 11.3. The quantitative estimate of drug-likeness (QED) is 0.482. The van der Waals surface area contributed by atoms with Gasteiger partial charge in [-0.3, -0.25) is 4.79 Å². The summed E-state index contributed by atoms with van der Waals surface area (Å²) in [6, 6.07) is 15.2. The van der Waals surface area contributed by atoms with Crippen molar-refractivity contribution >= 4 is 41.5 Å². The van der Waals surface area contributed by atoms with E-state index in [1.54, 1.807) is 11.8 Å². The van der Waals surface area contributed by atoms with Crippen molar-refractivity contribution < 1.29 is 4.79 Å². The number of fused-ring (bicyclic) bond motifs is 2. The fraction of sp³-hybridized carbons (Fsp3) is 0.480. The van der Waals surface area contributed by atoms with E-state index in [-0.39, 0.29) is 18.3 Å². The number of anilines is 2. The third-order valence-corrected chi connectivity index (χ3v) is 7.18. The molecule has 4 rings (SSSR count). The van der Waals surface area contributed by atoms with Crippen LogP contribution in [0.1, 0.15) is 56.3 Å². The van der Waals surface area contributed by atoms with Crippen molar-refractivity contribution in [2.45, 2.75) is 61.8 Å². The zero-order valence-corrected chi connectivity index (χ0v) is 20.2. The minimum absolute atomic E-state index is 0. The fourth-order valence-corrected chi connectivity index (χ4v) is 5.55. The predicted octanol–water partition coefficient (Wildman–Crippen LogP) is 6.12. The molecular formula is C25H34ClN3OS. The number of halogens is 1. The Morgan fingerprint density at radius 3 is 2.58 bits per heavy atom. The Morgan fingerprint density at radius 1 is 1.06 bits per heavy atom. The first-order valence-corrected chi connectivity index (χ1v) is 12.2. The number of amides is 1. The molecule has 2 aromatic rings. The zero-order valence-electron chi connectivity index (χ0n) is 18.6. The molecule has 2 aromatic carbocycles. The van der Waals surface area contributed by atoms with Gasteiger partial charge in [-0.1, -0.05) is 43.7 Å². The topological polar surface area (TPSA) is 35.6 Å². The lowest BCUT2D eigenvalue weighted by atomic mass is 10.1. The third-order valence-electron chi connectivity index (χ3n) is 6.05. The number of rotatable bonds is 8. The van der Waals surface area contributed by atoms with Crippen molar-refractivity contribution in [1.82, 2.24) is 10.2 Å². The first-order chi connectivity index (χ1) is 14.7. The predicted molar refractivity (Wildman–Crippen MR) is 133 cm³/mol. The number of nitrogens with one attached hydrogen (secondary N) is 1. The summed E-state index contributed by atoms with van der Waals surface area (Å²) in [4.78, 5) is 20.3. The van der Waals surface area contributed by atoms with Gasteiger partial charge in [-0.05, 0) is 69.6 Å². The molecule has 0 saturated carbocycles. The van der Waals surface area contributed by atoms with Crippen molar-refractivity contribution in [2.75, 3.05) is 31.1 Å². The monoisotopic (exact) mass is 459 g/mol. The van der Waals surface area contributed by atoms with Crippen molar-refractivity contribution in [3.05, 3.63) is 48.0 Å². The summed E-state index contributed by atoms with van der Waals surface area (Å²) >= 11 is 1.80. The molecule has 0 radical (unpaired) electrons. The number of benzene rings is 2. The molecule has 1 unspecified atom stereocenters. The number of likely N-dealkylation sites (tertiary alicyclic amines) is 1. The number of carbonyl (C=O) groups excluding carboxylic acids is 1. The molecule has 1 fully saturated rings.